The van der Waals surface area contributed by atoms with E-state index in [4.69, 9.17) is 14.4 Å². The first kappa shape index (κ1) is 29.3. The summed E-state index contributed by atoms with van der Waals surface area (Å²) in [5.41, 5.74) is 14.6. The van der Waals surface area contributed by atoms with E-state index in [1.807, 2.05) is 6.07 Å². The molecular weight excluding hydrogens is 597 g/mol. The maximum atomic E-state index is 6.48. The number of nitrogens with zero attached hydrogens (tertiary/aromatic N) is 2. The highest BCUT2D eigenvalue weighted by molar-refractivity contribution is 6.14. The molecule has 236 valence electrons. The summed E-state index contributed by atoms with van der Waals surface area (Å²) < 4.78 is 6.48. The first-order valence-corrected chi connectivity index (χ1v) is 17.2. The van der Waals surface area contributed by atoms with Gasteiger partial charge < -0.3 is 4.42 Å². The summed E-state index contributed by atoms with van der Waals surface area (Å²) in [5.74, 6) is 0.726. The molecule has 3 nitrogen and oxygen atoms in total. The molecule has 0 saturated heterocycles. The topological polar surface area (TPSA) is 37.9 Å². The van der Waals surface area contributed by atoms with Gasteiger partial charge in [0.1, 0.15) is 11.2 Å². The predicted octanol–water partition coefficient (Wildman–Crippen LogP) is 12.0. The quantitative estimate of drug-likeness (QED) is 0.190. The molecule has 0 atom stereocenters. The number of allylic oxidation sites excluding steroid dienone is 1. The Balaban J connectivity index is 1.17. The van der Waals surface area contributed by atoms with E-state index in [1.54, 1.807) is 0 Å². The smallest absolute Gasteiger partial charge is 0.160 e. The second kappa shape index (κ2) is 11.7. The normalized spacial score (nSPS) is 18.6. The molecule has 0 amide bonds. The Labute approximate surface area is 287 Å². The standard InChI is InChI=1S/C46H36N2O/c1-46(2)39-21-10-9-20-35(39)36-28-38-37-27-33(24-25-43(37)49-44(38)29-40(36)46)32-18-13-19-34(26-32)45-47-41(30-14-5-3-6-15-30)22-11-12-23-42(48-45)31-16-7-4-8-17-31/h3-10,13-22,24-29H,11-12,23H2,1-2H3/b41-22-,47-45-,48-42+. The summed E-state index contributed by atoms with van der Waals surface area (Å²) in [5, 5.41) is 2.27. The highest BCUT2D eigenvalue weighted by Gasteiger charge is 2.36. The lowest BCUT2D eigenvalue weighted by Gasteiger charge is -2.21. The Morgan fingerprint density at radius 2 is 1.22 bits per heavy atom. The van der Waals surface area contributed by atoms with Crippen molar-refractivity contribution in [3.05, 3.63) is 173 Å². The van der Waals surface area contributed by atoms with Gasteiger partial charge in [-0.2, -0.15) is 0 Å². The molecule has 0 spiro atoms. The van der Waals surface area contributed by atoms with Gasteiger partial charge in [-0.25, -0.2) is 9.98 Å². The van der Waals surface area contributed by atoms with Crippen molar-refractivity contribution in [2.75, 3.05) is 0 Å². The van der Waals surface area contributed by atoms with Crippen LogP contribution < -0.4 is 0 Å². The monoisotopic (exact) mass is 632 g/mol. The van der Waals surface area contributed by atoms with Gasteiger partial charge in [-0.05, 0) is 94.1 Å². The summed E-state index contributed by atoms with van der Waals surface area (Å²) >= 11 is 0. The molecule has 49 heavy (non-hydrogen) atoms. The number of rotatable bonds is 4. The minimum atomic E-state index is -0.0676. The fourth-order valence-corrected chi connectivity index (χ4v) is 7.62. The zero-order valence-corrected chi connectivity index (χ0v) is 27.8. The third-order valence-corrected chi connectivity index (χ3v) is 10.2. The fourth-order valence-electron chi connectivity index (χ4n) is 7.62. The third kappa shape index (κ3) is 5.14. The van der Waals surface area contributed by atoms with Crippen LogP contribution in [0, 0.1) is 0 Å². The molecule has 0 unspecified atom stereocenters. The lowest BCUT2D eigenvalue weighted by molar-refractivity contribution is 0.647. The van der Waals surface area contributed by atoms with Crippen LogP contribution in [0.3, 0.4) is 0 Å². The summed E-state index contributed by atoms with van der Waals surface area (Å²) in [6.07, 6.45) is 5.10. The van der Waals surface area contributed by atoms with Gasteiger partial charge >= 0.3 is 0 Å². The molecule has 0 fully saturated rings. The van der Waals surface area contributed by atoms with Gasteiger partial charge in [0.25, 0.3) is 0 Å². The van der Waals surface area contributed by atoms with Gasteiger partial charge in [0.2, 0.25) is 0 Å². The van der Waals surface area contributed by atoms with Crippen molar-refractivity contribution >= 4 is 39.2 Å². The lowest BCUT2D eigenvalue weighted by Crippen LogP contribution is -2.14. The van der Waals surface area contributed by atoms with Crippen molar-refractivity contribution in [3.8, 4) is 22.3 Å². The van der Waals surface area contributed by atoms with Crippen LogP contribution >= 0.6 is 0 Å². The van der Waals surface area contributed by atoms with Crippen LogP contribution in [0.25, 0.3) is 49.9 Å². The van der Waals surface area contributed by atoms with E-state index in [0.717, 1.165) is 86.3 Å². The summed E-state index contributed by atoms with van der Waals surface area (Å²) in [4.78, 5) is 10.6. The van der Waals surface area contributed by atoms with Crippen LogP contribution in [0.5, 0.6) is 0 Å². The Morgan fingerprint density at radius 1 is 0.531 bits per heavy atom. The predicted molar refractivity (Wildman–Crippen MR) is 205 cm³/mol. The molecule has 1 aromatic heterocycles. The molecule has 9 rings (SSSR count). The van der Waals surface area contributed by atoms with Gasteiger partial charge in [0, 0.05) is 21.8 Å². The van der Waals surface area contributed by atoms with Gasteiger partial charge in [0.05, 0.1) is 11.4 Å². The van der Waals surface area contributed by atoms with Crippen LogP contribution in [-0.4, -0.2) is 11.5 Å². The van der Waals surface area contributed by atoms with Crippen LogP contribution in [0.4, 0.5) is 0 Å². The van der Waals surface area contributed by atoms with Gasteiger partial charge in [-0.3, -0.25) is 0 Å². The maximum Gasteiger partial charge on any atom is 0.160 e. The molecule has 0 radical (unpaired) electrons. The molecule has 1 aliphatic carbocycles. The number of aliphatic imine (C=N–C) groups is 2. The average molecular weight is 633 g/mol. The highest BCUT2D eigenvalue weighted by atomic mass is 16.3. The molecule has 2 heterocycles. The zero-order valence-electron chi connectivity index (χ0n) is 27.8. The molecule has 0 bridgehead atoms. The minimum Gasteiger partial charge on any atom is -0.456 e. The van der Waals surface area contributed by atoms with Crippen molar-refractivity contribution in [1.82, 2.24) is 0 Å². The van der Waals surface area contributed by atoms with E-state index in [1.165, 1.54) is 22.3 Å². The molecular formula is C46H36N2O. The second-order valence-electron chi connectivity index (χ2n) is 13.7. The van der Waals surface area contributed by atoms with Gasteiger partial charge in [0.15, 0.2) is 5.84 Å². The van der Waals surface area contributed by atoms with Crippen molar-refractivity contribution < 1.29 is 4.42 Å². The minimum absolute atomic E-state index is 0.0676. The van der Waals surface area contributed by atoms with E-state index < -0.39 is 0 Å². The summed E-state index contributed by atoms with van der Waals surface area (Å²) in [6, 6.07) is 49.6. The zero-order chi connectivity index (χ0) is 33.0. The molecule has 0 N–H and O–H groups in total. The Bertz CT molecular complexity index is 2480. The van der Waals surface area contributed by atoms with Crippen LogP contribution in [-0.2, 0) is 5.41 Å². The molecule has 0 saturated carbocycles. The number of amidine groups is 1. The van der Waals surface area contributed by atoms with E-state index >= 15 is 0 Å². The van der Waals surface area contributed by atoms with Crippen molar-refractivity contribution in [1.29, 1.82) is 0 Å². The first-order valence-electron chi connectivity index (χ1n) is 17.2. The van der Waals surface area contributed by atoms with Crippen LogP contribution in [0.2, 0.25) is 0 Å². The van der Waals surface area contributed by atoms with E-state index in [-0.39, 0.29) is 5.41 Å². The number of hydrogen-bond acceptors (Lipinski definition) is 3. The molecule has 6 aromatic carbocycles. The molecule has 3 heteroatoms. The maximum absolute atomic E-state index is 6.48. The van der Waals surface area contributed by atoms with E-state index in [2.05, 4.69) is 153 Å². The fraction of sp³-hybridized carbons (Fsp3) is 0.130. The molecule has 2 aliphatic rings. The summed E-state index contributed by atoms with van der Waals surface area (Å²) in [7, 11) is 0. The van der Waals surface area contributed by atoms with Crippen LogP contribution in [0.1, 0.15) is 60.9 Å². The van der Waals surface area contributed by atoms with E-state index in [0.29, 0.717) is 0 Å². The van der Waals surface area contributed by atoms with Gasteiger partial charge in [-0.15, -0.1) is 0 Å². The number of benzene rings is 6. The Hall–Kier alpha value is -5.80. The molecule has 1 aliphatic heterocycles. The van der Waals surface area contributed by atoms with Crippen molar-refractivity contribution in [2.24, 2.45) is 9.98 Å². The van der Waals surface area contributed by atoms with E-state index in [9.17, 15) is 0 Å². The van der Waals surface area contributed by atoms with Crippen LogP contribution in [0.15, 0.2) is 160 Å². The lowest BCUT2D eigenvalue weighted by atomic mass is 9.82. The Kier molecular flexibility index (Phi) is 7.02. The Morgan fingerprint density at radius 3 is 2.06 bits per heavy atom. The first-order chi connectivity index (χ1) is 24.0. The summed E-state index contributed by atoms with van der Waals surface area (Å²) in [6.45, 7) is 4.62. The number of fused-ring (bicyclic) bond motifs is 6. The highest BCUT2D eigenvalue weighted by Crippen LogP contribution is 2.50. The SMILES string of the molecule is CC1(C)c2ccccc2-c2cc3c(cc21)oc1ccc(-c2cccc(C4=N/C(c5ccccc5)=C\CCC/C(c5ccccc5)=N\4)c2)cc13. The third-order valence-electron chi connectivity index (χ3n) is 10.2. The number of furan rings is 1. The van der Waals surface area contributed by atoms with Crippen molar-refractivity contribution in [2.45, 2.75) is 38.5 Å². The van der Waals surface area contributed by atoms with Crippen molar-refractivity contribution in [3.63, 3.8) is 0 Å². The number of hydrogen-bond donors (Lipinski definition) is 0. The largest absolute Gasteiger partial charge is 0.456 e. The van der Waals surface area contributed by atoms with Gasteiger partial charge in [-0.1, -0.05) is 129 Å². The second-order valence-corrected chi connectivity index (χ2v) is 13.7. The molecule has 7 aromatic rings. The average Bonchev–Trinajstić information content (AvgIpc) is 3.65.